The molecule has 1 aliphatic rings. The molecule has 1 aliphatic carbocycles. The molecular weight excluding hydrogens is 705 g/mol. The average molecular weight is 737 g/mol. The number of benzene rings is 9. The lowest BCUT2D eigenvalue weighted by atomic mass is 9.86. The molecule has 0 N–H and O–H groups in total. The Kier molecular flexibility index (Phi) is 7.84. The predicted octanol–water partition coefficient (Wildman–Crippen LogP) is 13.7. The first kappa shape index (κ1) is 33.3. The van der Waals surface area contributed by atoms with Crippen LogP contribution in [0.2, 0.25) is 0 Å². The van der Waals surface area contributed by atoms with Crippen LogP contribution in [0.3, 0.4) is 0 Å². The molecule has 0 radical (unpaired) electrons. The first-order valence-corrected chi connectivity index (χ1v) is 19.4. The van der Waals surface area contributed by atoms with Crippen molar-refractivity contribution in [3.8, 4) is 95.9 Å². The second kappa shape index (κ2) is 13.6. The van der Waals surface area contributed by atoms with E-state index in [0.717, 1.165) is 60.8 Å². The van der Waals surface area contributed by atoms with Crippen LogP contribution in [-0.4, -0.2) is 15.0 Å². The van der Waals surface area contributed by atoms with Crippen LogP contribution in [-0.2, 0) is 0 Å². The number of fused-ring (bicyclic) bond motifs is 4. The Bertz CT molecular complexity index is 3200. The minimum absolute atomic E-state index is 0.622. The fourth-order valence-electron chi connectivity index (χ4n) is 8.64. The summed E-state index contributed by atoms with van der Waals surface area (Å²) in [7, 11) is 0. The largest absolute Gasteiger partial charge is 0.208 e. The molecule has 9 aromatic carbocycles. The molecule has 268 valence electrons. The van der Waals surface area contributed by atoms with Gasteiger partial charge in [-0.2, -0.15) is 5.26 Å². The second-order valence-electron chi connectivity index (χ2n) is 14.6. The van der Waals surface area contributed by atoms with Gasteiger partial charge in [-0.1, -0.05) is 176 Å². The summed E-state index contributed by atoms with van der Waals surface area (Å²) < 4.78 is 0. The van der Waals surface area contributed by atoms with E-state index in [-0.39, 0.29) is 0 Å². The van der Waals surface area contributed by atoms with Crippen LogP contribution in [0, 0.1) is 11.3 Å². The summed E-state index contributed by atoms with van der Waals surface area (Å²) >= 11 is 0. The molecule has 0 fully saturated rings. The van der Waals surface area contributed by atoms with Gasteiger partial charge in [0.15, 0.2) is 17.5 Å². The molecule has 4 nitrogen and oxygen atoms in total. The predicted molar refractivity (Wildman–Crippen MR) is 237 cm³/mol. The average Bonchev–Trinajstić information content (AvgIpc) is 3.64. The fourth-order valence-corrected chi connectivity index (χ4v) is 8.64. The monoisotopic (exact) mass is 736 g/mol. The number of nitrogens with zero attached hydrogens (tertiary/aromatic N) is 4. The molecule has 1 heterocycles. The zero-order chi connectivity index (χ0) is 38.6. The Morgan fingerprint density at radius 3 is 1.31 bits per heavy atom. The number of hydrogen-bond donors (Lipinski definition) is 0. The zero-order valence-electron chi connectivity index (χ0n) is 31.3. The molecule has 0 bridgehead atoms. The topological polar surface area (TPSA) is 62.5 Å². The summed E-state index contributed by atoms with van der Waals surface area (Å²) in [6.45, 7) is 0. The van der Waals surface area contributed by atoms with Crippen molar-refractivity contribution in [1.82, 2.24) is 15.0 Å². The van der Waals surface area contributed by atoms with Gasteiger partial charge in [0, 0.05) is 22.1 Å². The molecule has 58 heavy (non-hydrogen) atoms. The summed E-state index contributed by atoms with van der Waals surface area (Å²) in [6, 6.07) is 70.0. The molecular formula is C54H32N4. The van der Waals surface area contributed by atoms with Crippen LogP contribution < -0.4 is 0 Å². The van der Waals surface area contributed by atoms with Crippen molar-refractivity contribution < 1.29 is 0 Å². The lowest BCUT2D eigenvalue weighted by Gasteiger charge is -2.17. The molecule has 0 saturated carbocycles. The molecule has 11 rings (SSSR count). The first-order valence-electron chi connectivity index (χ1n) is 19.4. The summed E-state index contributed by atoms with van der Waals surface area (Å²) in [4.78, 5) is 14.9. The molecule has 1 aromatic heterocycles. The van der Waals surface area contributed by atoms with E-state index in [1.54, 1.807) is 0 Å². The van der Waals surface area contributed by atoms with Crippen molar-refractivity contribution in [3.63, 3.8) is 0 Å². The third-order valence-corrected chi connectivity index (χ3v) is 11.3. The van der Waals surface area contributed by atoms with Crippen molar-refractivity contribution in [2.24, 2.45) is 0 Å². The van der Waals surface area contributed by atoms with Gasteiger partial charge < -0.3 is 0 Å². The minimum Gasteiger partial charge on any atom is -0.208 e. The van der Waals surface area contributed by atoms with Crippen LogP contribution in [0.4, 0.5) is 0 Å². The van der Waals surface area contributed by atoms with E-state index >= 15 is 0 Å². The maximum Gasteiger partial charge on any atom is 0.164 e. The molecule has 0 saturated heterocycles. The molecule has 0 amide bonds. The van der Waals surface area contributed by atoms with E-state index < -0.39 is 0 Å². The molecule has 0 spiro atoms. The highest BCUT2D eigenvalue weighted by molar-refractivity contribution is 6.24. The van der Waals surface area contributed by atoms with Gasteiger partial charge in [0.25, 0.3) is 0 Å². The van der Waals surface area contributed by atoms with Crippen LogP contribution in [0.25, 0.3) is 111 Å². The Morgan fingerprint density at radius 2 is 0.707 bits per heavy atom. The van der Waals surface area contributed by atoms with Crippen LogP contribution in [0.15, 0.2) is 194 Å². The first-order chi connectivity index (χ1) is 28.7. The number of nitriles is 1. The van der Waals surface area contributed by atoms with Crippen LogP contribution >= 0.6 is 0 Å². The summed E-state index contributed by atoms with van der Waals surface area (Å²) in [5.41, 5.74) is 15.2. The number of hydrogen-bond acceptors (Lipinski definition) is 4. The summed E-state index contributed by atoms with van der Waals surface area (Å²) in [5.74, 6) is 1.89. The highest BCUT2D eigenvalue weighted by Gasteiger charge is 2.25. The lowest BCUT2D eigenvalue weighted by Crippen LogP contribution is -2.00. The van der Waals surface area contributed by atoms with Gasteiger partial charge in [-0.25, -0.2) is 15.0 Å². The maximum absolute atomic E-state index is 10.0. The van der Waals surface area contributed by atoms with Gasteiger partial charge in [-0.15, -0.1) is 0 Å². The minimum atomic E-state index is 0.622. The Morgan fingerprint density at radius 1 is 0.293 bits per heavy atom. The molecule has 0 unspecified atom stereocenters. The van der Waals surface area contributed by atoms with Crippen LogP contribution in [0.1, 0.15) is 5.56 Å². The van der Waals surface area contributed by atoms with E-state index in [9.17, 15) is 5.26 Å². The Balaban J connectivity index is 1.08. The standard InChI is InChI=1S/C54H32N4/c55-33-40-25-26-46(43-22-8-7-21-41(40)43)49-30-29-48-45-24-10-9-23-44(45)47-28-27-42(50(49)51(47)48)38-19-11-17-36(31-38)37-18-12-20-39(32-37)54-57-52(34-13-3-1-4-14-34)56-53(58-54)35-15-5-2-6-16-35/h1-32H. The highest BCUT2D eigenvalue weighted by Crippen LogP contribution is 2.52. The van der Waals surface area contributed by atoms with Crippen molar-refractivity contribution in [2.75, 3.05) is 0 Å². The summed E-state index contributed by atoms with van der Waals surface area (Å²) in [6.07, 6.45) is 0. The third-order valence-electron chi connectivity index (χ3n) is 11.3. The van der Waals surface area contributed by atoms with E-state index in [1.807, 2.05) is 78.9 Å². The molecule has 0 atom stereocenters. The SMILES string of the molecule is N#Cc1ccc(-c2ccc3c4c(ccc(-c5cccc(-c6cccc(-c7nc(-c8ccccc8)nc(-c8ccccc8)n7)c6)c5)c24)-c2ccccc2-3)c2ccccc12. The second-order valence-corrected chi connectivity index (χ2v) is 14.6. The normalized spacial score (nSPS) is 11.4. The van der Waals surface area contributed by atoms with Crippen LogP contribution in [0.5, 0.6) is 0 Å². The van der Waals surface area contributed by atoms with E-state index in [2.05, 4.69) is 121 Å². The maximum atomic E-state index is 10.0. The zero-order valence-corrected chi connectivity index (χ0v) is 31.3. The summed E-state index contributed by atoms with van der Waals surface area (Å²) in [5, 5.41) is 14.5. The van der Waals surface area contributed by atoms with Crippen molar-refractivity contribution >= 4 is 21.5 Å². The quantitative estimate of drug-likeness (QED) is 0.170. The molecule has 0 aliphatic heterocycles. The van der Waals surface area contributed by atoms with Gasteiger partial charge in [-0.05, 0) is 90.0 Å². The van der Waals surface area contributed by atoms with Gasteiger partial charge in [-0.3, -0.25) is 0 Å². The number of aromatic nitrogens is 3. The van der Waals surface area contributed by atoms with E-state index in [4.69, 9.17) is 15.0 Å². The lowest BCUT2D eigenvalue weighted by molar-refractivity contribution is 1.07. The smallest absolute Gasteiger partial charge is 0.164 e. The number of rotatable bonds is 6. The van der Waals surface area contributed by atoms with Crippen molar-refractivity contribution in [1.29, 1.82) is 5.26 Å². The van der Waals surface area contributed by atoms with Gasteiger partial charge in [0.2, 0.25) is 0 Å². The van der Waals surface area contributed by atoms with E-state index in [0.29, 0.717) is 23.0 Å². The molecule has 10 aromatic rings. The van der Waals surface area contributed by atoms with Crippen molar-refractivity contribution in [3.05, 3.63) is 200 Å². The van der Waals surface area contributed by atoms with Gasteiger partial charge in [0.05, 0.1) is 11.6 Å². The van der Waals surface area contributed by atoms with Gasteiger partial charge >= 0.3 is 0 Å². The highest BCUT2D eigenvalue weighted by atomic mass is 15.0. The van der Waals surface area contributed by atoms with E-state index in [1.165, 1.54) is 33.0 Å². The Hall–Kier alpha value is -8.00. The molecule has 4 heteroatoms. The Labute approximate surface area is 336 Å². The third kappa shape index (κ3) is 5.49. The van der Waals surface area contributed by atoms with Crippen molar-refractivity contribution in [2.45, 2.75) is 0 Å². The fraction of sp³-hybridized carbons (Fsp3) is 0. The van der Waals surface area contributed by atoms with Gasteiger partial charge in [0.1, 0.15) is 0 Å².